The summed E-state index contributed by atoms with van der Waals surface area (Å²) in [7, 11) is -3.63. The third kappa shape index (κ3) is 4.92. The summed E-state index contributed by atoms with van der Waals surface area (Å²) in [6, 6.07) is 8.77. The SMILES string of the molecule is NC1CCN(S(=O)(=O)c2ccc(-c3ccnc4[nH]c(C(F)(F)F)cc34)cc2)CC1.O=CO. The van der Waals surface area contributed by atoms with Crippen LogP contribution in [0.5, 0.6) is 0 Å². The Kier molecular flexibility index (Phi) is 6.86. The highest BCUT2D eigenvalue weighted by atomic mass is 32.2. The molecule has 2 aromatic heterocycles. The number of carbonyl (C=O) groups is 1. The van der Waals surface area contributed by atoms with Crippen LogP contribution < -0.4 is 5.73 Å². The number of fused-ring (bicyclic) bond motifs is 1. The standard InChI is InChI=1S/C19H19F3N4O2S.CH2O2/c20-19(21,22)17-11-16-15(5-8-24-18(16)25-17)12-1-3-14(4-2-12)29(27,28)26-9-6-13(23)7-10-26;2-1-3/h1-5,8,11,13H,6-7,9-10,23H2,(H,24,25);1H,(H,2,3). The smallest absolute Gasteiger partial charge is 0.431 e. The molecule has 3 aromatic rings. The number of alkyl halides is 3. The number of sulfonamides is 1. The molecule has 32 heavy (non-hydrogen) atoms. The molecule has 0 amide bonds. The molecule has 0 saturated carbocycles. The molecule has 172 valence electrons. The number of nitrogens with zero attached hydrogens (tertiary/aromatic N) is 2. The Labute approximate surface area is 181 Å². The molecule has 12 heteroatoms. The number of nitrogens with two attached hydrogens (primary N) is 1. The Morgan fingerprint density at radius 2 is 1.75 bits per heavy atom. The van der Waals surface area contributed by atoms with Gasteiger partial charge in [0.25, 0.3) is 6.47 Å². The van der Waals surface area contributed by atoms with Gasteiger partial charge in [-0.15, -0.1) is 0 Å². The number of nitrogens with one attached hydrogen (secondary N) is 1. The fourth-order valence-electron chi connectivity index (χ4n) is 3.50. The Bertz CT molecular complexity index is 1190. The molecule has 0 aliphatic carbocycles. The first kappa shape index (κ1) is 23.7. The van der Waals surface area contributed by atoms with Crippen LogP contribution in [0.4, 0.5) is 13.2 Å². The Balaban J connectivity index is 0.000000913. The molecule has 4 N–H and O–H groups in total. The van der Waals surface area contributed by atoms with Crippen molar-refractivity contribution in [3.05, 3.63) is 48.3 Å². The summed E-state index contributed by atoms with van der Waals surface area (Å²) in [5.74, 6) is 0. The summed E-state index contributed by atoms with van der Waals surface area (Å²) in [6.45, 7) is 0.500. The zero-order valence-electron chi connectivity index (χ0n) is 16.7. The van der Waals surface area contributed by atoms with Gasteiger partial charge in [0.2, 0.25) is 10.0 Å². The van der Waals surface area contributed by atoms with Crippen LogP contribution in [0.2, 0.25) is 0 Å². The maximum absolute atomic E-state index is 13.0. The molecule has 0 radical (unpaired) electrons. The molecule has 1 aliphatic heterocycles. The molecule has 8 nitrogen and oxygen atoms in total. The van der Waals surface area contributed by atoms with Crippen molar-refractivity contribution < 1.29 is 31.5 Å². The molecule has 0 spiro atoms. The number of carboxylic acid groups (broad SMARTS) is 1. The number of aromatic nitrogens is 2. The van der Waals surface area contributed by atoms with E-state index in [2.05, 4.69) is 9.97 Å². The minimum absolute atomic E-state index is 0.0147. The number of benzene rings is 1. The number of hydrogen-bond donors (Lipinski definition) is 3. The second-order valence-corrected chi connectivity index (χ2v) is 9.11. The van der Waals surface area contributed by atoms with E-state index in [0.29, 0.717) is 42.4 Å². The maximum Gasteiger partial charge on any atom is 0.431 e. The number of halogens is 3. The maximum atomic E-state index is 13.0. The number of pyridine rings is 1. The summed E-state index contributed by atoms with van der Waals surface area (Å²) in [6.07, 6.45) is -1.87. The van der Waals surface area contributed by atoms with E-state index < -0.39 is 21.9 Å². The minimum atomic E-state index is -4.51. The van der Waals surface area contributed by atoms with Crippen molar-refractivity contribution in [2.75, 3.05) is 13.1 Å². The number of rotatable bonds is 3. The van der Waals surface area contributed by atoms with Crippen LogP contribution in [0.1, 0.15) is 18.5 Å². The first-order chi connectivity index (χ1) is 15.1. The molecular weight excluding hydrogens is 449 g/mol. The van der Waals surface area contributed by atoms with Crippen LogP contribution >= 0.6 is 0 Å². The lowest BCUT2D eigenvalue weighted by Gasteiger charge is -2.29. The van der Waals surface area contributed by atoms with Crippen LogP contribution in [0.3, 0.4) is 0 Å². The average molecular weight is 470 g/mol. The van der Waals surface area contributed by atoms with E-state index in [4.69, 9.17) is 15.6 Å². The number of piperidine rings is 1. The van der Waals surface area contributed by atoms with Gasteiger partial charge >= 0.3 is 6.18 Å². The quantitative estimate of drug-likeness (QED) is 0.505. The summed E-state index contributed by atoms with van der Waals surface area (Å²) >= 11 is 0. The van der Waals surface area contributed by atoms with Crippen LogP contribution in [0.25, 0.3) is 22.2 Å². The van der Waals surface area contributed by atoms with E-state index in [1.807, 2.05) is 0 Å². The molecule has 3 heterocycles. The lowest BCUT2D eigenvalue weighted by Crippen LogP contribution is -2.42. The molecular formula is C20H21F3N4O4S. The Morgan fingerprint density at radius 1 is 1.16 bits per heavy atom. The minimum Gasteiger partial charge on any atom is -0.483 e. The first-order valence-corrected chi connectivity index (χ1v) is 11.0. The van der Waals surface area contributed by atoms with Gasteiger partial charge in [0.1, 0.15) is 11.3 Å². The Morgan fingerprint density at radius 3 is 2.31 bits per heavy atom. The second-order valence-electron chi connectivity index (χ2n) is 7.17. The average Bonchev–Trinajstić information content (AvgIpc) is 3.20. The van der Waals surface area contributed by atoms with Gasteiger partial charge in [0.05, 0.1) is 4.90 Å². The zero-order valence-corrected chi connectivity index (χ0v) is 17.5. The molecule has 1 aliphatic rings. The van der Waals surface area contributed by atoms with Crippen LogP contribution in [-0.4, -0.2) is 53.4 Å². The van der Waals surface area contributed by atoms with Crippen LogP contribution in [0.15, 0.2) is 47.5 Å². The molecule has 1 saturated heterocycles. The van der Waals surface area contributed by atoms with Gasteiger partial charge in [-0.25, -0.2) is 13.4 Å². The fraction of sp³-hybridized carbons (Fsp3) is 0.300. The number of hydrogen-bond acceptors (Lipinski definition) is 5. The monoisotopic (exact) mass is 470 g/mol. The van der Waals surface area contributed by atoms with Crippen molar-refractivity contribution in [1.29, 1.82) is 0 Å². The van der Waals surface area contributed by atoms with E-state index in [0.717, 1.165) is 6.07 Å². The van der Waals surface area contributed by atoms with Gasteiger partial charge < -0.3 is 15.8 Å². The van der Waals surface area contributed by atoms with Gasteiger partial charge in [0, 0.05) is 30.7 Å². The summed E-state index contributed by atoms with van der Waals surface area (Å²) in [5.41, 5.74) is 6.22. The van der Waals surface area contributed by atoms with Gasteiger partial charge in [-0.05, 0) is 48.2 Å². The Hall–Kier alpha value is -2.96. The van der Waals surface area contributed by atoms with E-state index in [-0.39, 0.29) is 23.1 Å². The topological polar surface area (TPSA) is 129 Å². The second kappa shape index (κ2) is 9.27. The van der Waals surface area contributed by atoms with Gasteiger partial charge in [-0.3, -0.25) is 4.79 Å². The van der Waals surface area contributed by atoms with Gasteiger partial charge in [-0.2, -0.15) is 17.5 Å². The van der Waals surface area contributed by atoms with Gasteiger partial charge in [-0.1, -0.05) is 12.1 Å². The summed E-state index contributed by atoms with van der Waals surface area (Å²) in [5, 5.41) is 7.21. The highest BCUT2D eigenvalue weighted by Gasteiger charge is 2.33. The number of aromatic amines is 1. The van der Waals surface area contributed by atoms with Crippen LogP contribution in [0, 0.1) is 0 Å². The third-order valence-corrected chi connectivity index (χ3v) is 7.05. The highest BCUT2D eigenvalue weighted by molar-refractivity contribution is 7.89. The molecule has 0 atom stereocenters. The predicted molar refractivity (Wildman–Crippen MR) is 111 cm³/mol. The lowest BCUT2D eigenvalue weighted by molar-refractivity contribution is -0.140. The summed E-state index contributed by atoms with van der Waals surface area (Å²) < 4.78 is 66.1. The highest BCUT2D eigenvalue weighted by Crippen LogP contribution is 2.35. The first-order valence-electron chi connectivity index (χ1n) is 9.57. The molecule has 0 unspecified atom stereocenters. The molecule has 0 bridgehead atoms. The largest absolute Gasteiger partial charge is 0.483 e. The van der Waals surface area contributed by atoms with Crippen molar-refractivity contribution >= 4 is 27.5 Å². The molecule has 4 rings (SSSR count). The predicted octanol–water partition coefficient (Wildman–Crippen LogP) is 3.06. The molecule has 1 aromatic carbocycles. The normalized spacial score (nSPS) is 15.9. The van der Waals surface area contributed by atoms with Crippen molar-refractivity contribution in [3.63, 3.8) is 0 Å². The van der Waals surface area contributed by atoms with Crippen molar-refractivity contribution in [2.45, 2.75) is 30.0 Å². The van der Waals surface area contributed by atoms with Crippen molar-refractivity contribution in [2.24, 2.45) is 5.73 Å². The number of H-pyrrole nitrogens is 1. The van der Waals surface area contributed by atoms with Crippen molar-refractivity contribution in [3.8, 4) is 11.1 Å². The zero-order chi connectivity index (χ0) is 23.5. The lowest BCUT2D eigenvalue weighted by atomic mass is 10.0. The summed E-state index contributed by atoms with van der Waals surface area (Å²) in [4.78, 5) is 14.7. The van der Waals surface area contributed by atoms with E-state index in [1.165, 1.54) is 22.6 Å². The molecule has 1 fully saturated rings. The van der Waals surface area contributed by atoms with E-state index >= 15 is 0 Å². The van der Waals surface area contributed by atoms with Crippen molar-refractivity contribution in [1.82, 2.24) is 14.3 Å². The van der Waals surface area contributed by atoms with E-state index in [9.17, 15) is 21.6 Å². The fourth-order valence-corrected chi connectivity index (χ4v) is 4.97. The third-order valence-electron chi connectivity index (χ3n) is 5.14. The van der Waals surface area contributed by atoms with Gasteiger partial charge in [0.15, 0.2) is 0 Å². The van der Waals surface area contributed by atoms with Crippen LogP contribution in [-0.2, 0) is 21.0 Å². The van der Waals surface area contributed by atoms with E-state index in [1.54, 1.807) is 18.2 Å².